The lowest BCUT2D eigenvalue weighted by molar-refractivity contribution is -0.120. The van der Waals surface area contributed by atoms with Crippen LogP contribution in [0.15, 0.2) is 18.5 Å². The largest absolute Gasteiger partial charge is 0.396 e. The van der Waals surface area contributed by atoms with Gasteiger partial charge in [-0.2, -0.15) is 0 Å². The highest BCUT2D eigenvalue weighted by Gasteiger charge is 2.15. The third-order valence-corrected chi connectivity index (χ3v) is 2.80. The lowest BCUT2D eigenvalue weighted by atomic mass is 10.1. The molecule has 0 fully saturated rings. The fraction of sp³-hybridized carbons (Fsp3) is 0.583. The number of anilines is 1. The van der Waals surface area contributed by atoms with Gasteiger partial charge in [0.1, 0.15) is 0 Å². The Hall–Kier alpha value is -1.69. The van der Waals surface area contributed by atoms with Crippen molar-refractivity contribution in [3.8, 4) is 0 Å². The van der Waals surface area contributed by atoms with E-state index in [-0.39, 0.29) is 31.0 Å². The lowest BCUT2D eigenvalue weighted by Crippen LogP contribution is -2.43. The second-order valence-electron chi connectivity index (χ2n) is 4.42. The third kappa shape index (κ3) is 4.29. The first-order valence-corrected chi connectivity index (χ1v) is 5.93. The number of amides is 1. The van der Waals surface area contributed by atoms with Gasteiger partial charge in [0, 0.05) is 32.1 Å². The number of rotatable bonds is 6. The summed E-state index contributed by atoms with van der Waals surface area (Å²) in [6.45, 7) is 4.00. The molecule has 0 spiro atoms. The van der Waals surface area contributed by atoms with E-state index in [0.29, 0.717) is 5.95 Å². The van der Waals surface area contributed by atoms with Crippen molar-refractivity contribution in [1.29, 1.82) is 0 Å². The summed E-state index contributed by atoms with van der Waals surface area (Å²) < 4.78 is 0. The molecule has 1 heterocycles. The molecule has 2 unspecified atom stereocenters. The topological polar surface area (TPSA) is 78.4 Å². The summed E-state index contributed by atoms with van der Waals surface area (Å²) in [7, 11) is 1.76. The molecule has 2 atom stereocenters. The van der Waals surface area contributed by atoms with Crippen molar-refractivity contribution >= 4 is 11.9 Å². The number of hydrogen-bond acceptors (Lipinski definition) is 5. The maximum atomic E-state index is 11.8. The zero-order valence-electron chi connectivity index (χ0n) is 11.0. The SMILES string of the molecule is CC(CO)C(C)NC(=O)CN(C)c1ncccn1. The molecule has 0 saturated heterocycles. The molecule has 100 valence electrons. The summed E-state index contributed by atoms with van der Waals surface area (Å²) in [5.41, 5.74) is 0. The highest BCUT2D eigenvalue weighted by molar-refractivity contribution is 5.80. The molecule has 1 rings (SSSR count). The number of aromatic nitrogens is 2. The molecular formula is C12H20N4O2. The Morgan fingerprint density at radius 2 is 2.06 bits per heavy atom. The minimum Gasteiger partial charge on any atom is -0.396 e. The summed E-state index contributed by atoms with van der Waals surface area (Å²) in [5.74, 6) is 0.431. The van der Waals surface area contributed by atoms with Gasteiger partial charge >= 0.3 is 0 Å². The van der Waals surface area contributed by atoms with Crippen molar-refractivity contribution in [2.45, 2.75) is 19.9 Å². The quantitative estimate of drug-likeness (QED) is 0.747. The van der Waals surface area contributed by atoms with Crippen molar-refractivity contribution in [3.63, 3.8) is 0 Å². The van der Waals surface area contributed by atoms with Crippen molar-refractivity contribution in [2.24, 2.45) is 5.92 Å². The molecule has 6 heteroatoms. The summed E-state index contributed by atoms with van der Waals surface area (Å²) in [6.07, 6.45) is 3.26. The lowest BCUT2D eigenvalue weighted by Gasteiger charge is -2.21. The standard InChI is InChI=1S/C12H20N4O2/c1-9(8-17)10(2)15-11(18)7-16(3)12-13-5-4-6-14-12/h4-6,9-10,17H,7-8H2,1-3H3,(H,15,18). The highest BCUT2D eigenvalue weighted by atomic mass is 16.3. The first-order chi connectivity index (χ1) is 8.54. The van der Waals surface area contributed by atoms with Crippen LogP contribution < -0.4 is 10.2 Å². The Morgan fingerprint density at radius 3 is 2.61 bits per heavy atom. The molecule has 2 N–H and O–H groups in total. The van der Waals surface area contributed by atoms with Gasteiger partial charge < -0.3 is 15.3 Å². The Bertz CT molecular complexity index is 372. The van der Waals surface area contributed by atoms with Crippen LogP contribution in [-0.2, 0) is 4.79 Å². The van der Waals surface area contributed by atoms with E-state index in [1.165, 1.54) is 0 Å². The van der Waals surface area contributed by atoms with Crippen molar-refractivity contribution < 1.29 is 9.90 Å². The molecule has 1 aromatic rings. The smallest absolute Gasteiger partial charge is 0.239 e. The molecule has 0 saturated carbocycles. The molecule has 0 radical (unpaired) electrons. The average Bonchev–Trinajstić information content (AvgIpc) is 2.38. The Labute approximate surface area is 107 Å². The van der Waals surface area contributed by atoms with E-state index in [1.807, 2.05) is 13.8 Å². The van der Waals surface area contributed by atoms with Crippen LogP contribution in [0.4, 0.5) is 5.95 Å². The zero-order valence-corrected chi connectivity index (χ0v) is 11.0. The molecule has 0 aromatic carbocycles. The Kier molecular flexibility index (Phi) is 5.51. The van der Waals surface area contributed by atoms with E-state index < -0.39 is 0 Å². The number of aliphatic hydroxyl groups is 1. The predicted molar refractivity (Wildman–Crippen MR) is 69.2 cm³/mol. The number of carbonyl (C=O) groups is 1. The molecule has 6 nitrogen and oxygen atoms in total. The number of carbonyl (C=O) groups excluding carboxylic acids is 1. The van der Waals surface area contributed by atoms with Crippen LogP contribution in [0.3, 0.4) is 0 Å². The second-order valence-corrected chi connectivity index (χ2v) is 4.42. The van der Waals surface area contributed by atoms with E-state index in [2.05, 4.69) is 15.3 Å². The van der Waals surface area contributed by atoms with Gasteiger partial charge in [-0.1, -0.05) is 6.92 Å². The maximum absolute atomic E-state index is 11.8. The molecule has 1 amide bonds. The number of aliphatic hydroxyl groups excluding tert-OH is 1. The van der Waals surface area contributed by atoms with Crippen molar-refractivity contribution in [3.05, 3.63) is 18.5 Å². The van der Waals surface area contributed by atoms with Crippen LogP contribution in [0.2, 0.25) is 0 Å². The molecule has 0 bridgehead atoms. The number of hydrogen-bond donors (Lipinski definition) is 2. The molecule has 0 aliphatic carbocycles. The van der Waals surface area contributed by atoms with Crippen LogP contribution >= 0.6 is 0 Å². The minimum absolute atomic E-state index is 0.0345. The number of likely N-dealkylation sites (N-methyl/N-ethyl adjacent to an activating group) is 1. The first kappa shape index (κ1) is 14.4. The second kappa shape index (κ2) is 6.90. The summed E-state index contributed by atoms with van der Waals surface area (Å²) in [5, 5.41) is 11.8. The van der Waals surface area contributed by atoms with Crippen LogP contribution in [0.25, 0.3) is 0 Å². The van der Waals surface area contributed by atoms with Gasteiger partial charge in [0.05, 0.1) is 6.54 Å². The molecule has 0 aliphatic rings. The van der Waals surface area contributed by atoms with Gasteiger partial charge in [0.25, 0.3) is 0 Å². The Balaban J connectivity index is 2.45. The summed E-state index contributed by atoms with van der Waals surface area (Å²) in [4.78, 5) is 21.6. The van der Waals surface area contributed by atoms with Crippen LogP contribution in [0.5, 0.6) is 0 Å². The van der Waals surface area contributed by atoms with E-state index in [4.69, 9.17) is 5.11 Å². The van der Waals surface area contributed by atoms with E-state index in [0.717, 1.165) is 0 Å². The molecule has 0 aliphatic heterocycles. The average molecular weight is 252 g/mol. The van der Waals surface area contributed by atoms with Gasteiger partial charge in [-0.15, -0.1) is 0 Å². The van der Waals surface area contributed by atoms with Crippen LogP contribution in [0.1, 0.15) is 13.8 Å². The normalized spacial score (nSPS) is 13.8. The first-order valence-electron chi connectivity index (χ1n) is 5.93. The van der Waals surface area contributed by atoms with Crippen molar-refractivity contribution in [2.75, 3.05) is 25.1 Å². The maximum Gasteiger partial charge on any atom is 0.239 e. The van der Waals surface area contributed by atoms with Gasteiger partial charge in [0.2, 0.25) is 11.9 Å². The molecule has 1 aromatic heterocycles. The van der Waals surface area contributed by atoms with Gasteiger partial charge in [-0.25, -0.2) is 9.97 Å². The number of nitrogens with zero attached hydrogens (tertiary/aromatic N) is 3. The Morgan fingerprint density at radius 1 is 1.44 bits per heavy atom. The van der Waals surface area contributed by atoms with Crippen LogP contribution in [0, 0.1) is 5.92 Å². The fourth-order valence-electron chi connectivity index (χ4n) is 1.37. The highest BCUT2D eigenvalue weighted by Crippen LogP contribution is 2.03. The molecular weight excluding hydrogens is 232 g/mol. The monoisotopic (exact) mass is 252 g/mol. The third-order valence-electron chi connectivity index (χ3n) is 2.80. The predicted octanol–water partition coefficient (Wildman–Crippen LogP) is 0.0459. The summed E-state index contributed by atoms with van der Waals surface area (Å²) in [6, 6.07) is 1.66. The van der Waals surface area contributed by atoms with E-state index in [1.54, 1.807) is 30.4 Å². The van der Waals surface area contributed by atoms with Crippen LogP contribution in [-0.4, -0.2) is 47.2 Å². The summed E-state index contributed by atoms with van der Waals surface area (Å²) >= 11 is 0. The minimum atomic E-state index is -0.113. The zero-order chi connectivity index (χ0) is 13.5. The van der Waals surface area contributed by atoms with E-state index >= 15 is 0 Å². The van der Waals surface area contributed by atoms with Crippen molar-refractivity contribution in [1.82, 2.24) is 15.3 Å². The van der Waals surface area contributed by atoms with Gasteiger partial charge in [-0.3, -0.25) is 4.79 Å². The van der Waals surface area contributed by atoms with Gasteiger partial charge in [0.15, 0.2) is 0 Å². The van der Waals surface area contributed by atoms with Gasteiger partial charge in [-0.05, 0) is 18.9 Å². The molecule has 18 heavy (non-hydrogen) atoms. The fourth-order valence-corrected chi connectivity index (χ4v) is 1.37. The van der Waals surface area contributed by atoms with E-state index in [9.17, 15) is 4.79 Å². The number of nitrogens with one attached hydrogen (secondary N) is 1.